The molecule has 1 fully saturated rings. The highest BCUT2D eigenvalue weighted by molar-refractivity contribution is 7.86. The molecular weight excluding hydrogens is 354 g/mol. The first-order valence-corrected chi connectivity index (χ1v) is 9.31. The van der Waals surface area contributed by atoms with Gasteiger partial charge in [0.25, 0.3) is 10.1 Å². The molecule has 0 aromatic heterocycles. The van der Waals surface area contributed by atoms with Crippen LogP contribution in [-0.2, 0) is 10.1 Å². The SMILES string of the molecule is NC1=NC2(CCCCC2)N(c2ccc(Cl)cc2S(=O)(=O)O)C(N)=N1. The smallest absolute Gasteiger partial charge is 0.296 e. The maximum atomic E-state index is 11.8. The maximum absolute atomic E-state index is 11.8. The summed E-state index contributed by atoms with van der Waals surface area (Å²) in [6.07, 6.45) is 4.15. The molecule has 8 nitrogen and oxygen atoms in total. The quantitative estimate of drug-likeness (QED) is 0.677. The van der Waals surface area contributed by atoms with Gasteiger partial charge in [-0.2, -0.15) is 13.4 Å². The minimum absolute atomic E-state index is 0.0385. The largest absolute Gasteiger partial charge is 0.369 e. The first kappa shape index (κ1) is 17.0. The molecule has 1 saturated carbocycles. The van der Waals surface area contributed by atoms with E-state index in [1.165, 1.54) is 18.2 Å². The highest BCUT2D eigenvalue weighted by Crippen LogP contribution is 2.41. The Morgan fingerprint density at radius 1 is 1.21 bits per heavy atom. The van der Waals surface area contributed by atoms with Crippen molar-refractivity contribution in [2.45, 2.75) is 42.7 Å². The number of rotatable bonds is 2. The highest BCUT2D eigenvalue weighted by atomic mass is 35.5. The Morgan fingerprint density at radius 3 is 2.50 bits per heavy atom. The Morgan fingerprint density at radius 2 is 1.88 bits per heavy atom. The summed E-state index contributed by atoms with van der Waals surface area (Å²) in [5, 5.41) is 0.180. The van der Waals surface area contributed by atoms with Gasteiger partial charge >= 0.3 is 0 Å². The summed E-state index contributed by atoms with van der Waals surface area (Å²) in [4.78, 5) is 9.65. The van der Waals surface area contributed by atoms with Crippen LogP contribution in [0.4, 0.5) is 5.69 Å². The van der Waals surface area contributed by atoms with Gasteiger partial charge < -0.3 is 11.5 Å². The van der Waals surface area contributed by atoms with Gasteiger partial charge in [0.1, 0.15) is 10.6 Å². The Labute approximate surface area is 145 Å². The fourth-order valence-electron chi connectivity index (χ4n) is 3.35. The van der Waals surface area contributed by atoms with E-state index in [4.69, 9.17) is 23.1 Å². The van der Waals surface area contributed by atoms with E-state index in [0.717, 1.165) is 19.3 Å². The summed E-state index contributed by atoms with van der Waals surface area (Å²) in [5.74, 6) is 0.102. The summed E-state index contributed by atoms with van der Waals surface area (Å²) in [7, 11) is -4.51. The van der Waals surface area contributed by atoms with Crippen molar-refractivity contribution in [1.29, 1.82) is 0 Å². The zero-order valence-corrected chi connectivity index (χ0v) is 14.4. The lowest BCUT2D eigenvalue weighted by molar-refractivity contribution is 0.304. The zero-order chi connectivity index (χ0) is 17.5. The lowest BCUT2D eigenvalue weighted by atomic mass is 9.87. The molecule has 24 heavy (non-hydrogen) atoms. The van der Waals surface area contributed by atoms with Gasteiger partial charge in [-0.25, -0.2) is 4.99 Å². The van der Waals surface area contributed by atoms with Gasteiger partial charge in [-0.1, -0.05) is 18.0 Å². The van der Waals surface area contributed by atoms with Crippen LogP contribution in [0.5, 0.6) is 0 Å². The molecule has 0 bridgehead atoms. The maximum Gasteiger partial charge on any atom is 0.296 e. The standard InChI is InChI=1S/C14H18ClN5O3S/c15-9-4-5-10(11(8-9)24(21,22)23)20-13(17)18-12(16)19-14(20)6-2-1-3-7-14/h4-5,8H,1-3,6-7H2,(H,21,22,23)(H4,16,17,18,19). The van der Waals surface area contributed by atoms with Crippen molar-refractivity contribution in [3.8, 4) is 0 Å². The van der Waals surface area contributed by atoms with E-state index in [2.05, 4.69) is 9.98 Å². The number of nitrogens with two attached hydrogens (primary N) is 2. The molecule has 5 N–H and O–H groups in total. The molecule has 3 rings (SSSR count). The monoisotopic (exact) mass is 371 g/mol. The summed E-state index contributed by atoms with van der Waals surface area (Å²) in [5.41, 5.74) is 11.2. The molecule has 0 saturated heterocycles. The van der Waals surface area contributed by atoms with Crippen LogP contribution in [0.15, 0.2) is 33.1 Å². The van der Waals surface area contributed by atoms with Crippen molar-refractivity contribution < 1.29 is 13.0 Å². The van der Waals surface area contributed by atoms with Crippen LogP contribution in [0.3, 0.4) is 0 Å². The summed E-state index contributed by atoms with van der Waals surface area (Å²) in [6.45, 7) is 0. The summed E-state index contributed by atoms with van der Waals surface area (Å²) >= 11 is 5.90. The molecule has 1 aliphatic heterocycles. The van der Waals surface area contributed by atoms with E-state index >= 15 is 0 Å². The zero-order valence-electron chi connectivity index (χ0n) is 12.8. The number of nitrogens with zero attached hydrogens (tertiary/aromatic N) is 3. The van der Waals surface area contributed by atoms with Gasteiger partial charge in [0.2, 0.25) is 11.9 Å². The van der Waals surface area contributed by atoms with Crippen LogP contribution < -0.4 is 16.4 Å². The van der Waals surface area contributed by atoms with E-state index in [1.54, 1.807) is 4.90 Å². The lowest BCUT2D eigenvalue weighted by Gasteiger charge is -2.45. The van der Waals surface area contributed by atoms with Crippen molar-refractivity contribution in [1.82, 2.24) is 0 Å². The molecule has 2 aliphatic rings. The second-order valence-corrected chi connectivity index (χ2v) is 7.73. The second-order valence-electron chi connectivity index (χ2n) is 5.91. The average Bonchev–Trinajstić information content (AvgIpc) is 2.47. The minimum atomic E-state index is -4.51. The molecule has 1 heterocycles. The first-order valence-electron chi connectivity index (χ1n) is 7.50. The van der Waals surface area contributed by atoms with Gasteiger partial charge in [0.15, 0.2) is 0 Å². The van der Waals surface area contributed by atoms with E-state index < -0.39 is 15.8 Å². The van der Waals surface area contributed by atoms with Crippen LogP contribution in [0.25, 0.3) is 0 Å². The summed E-state index contributed by atoms with van der Waals surface area (Å²) < 4.78 is 33.2. The normalized spacial score (nSPS) is 20.7. The number of aliphatic imine (C=N–C) groups is 2. The third kappa shape index (κ3) is 2.94. The Hall–Kier alpha value is -1.84. The third-order valence-corrected chi connectivity index (χ3v) is 5.41. The Kier molecular flexibility index (Phi) is 4.18. The van der Waals surface area contributed by atoms with E-state index in [-0.39, 0.29) is 27.5 Å². The molecule has 130 valence electrons. The van der Waals surface area contributed by atoms with Crippen LogP contribution in [0, 0.1) is 0 Å². The van der Waals surface area contributed by atoms with Gasteiger partial charge in [0.05, 0.1) is 5.69 Å². The number of hydrogen-bond donors (Lipinski definition) is 3. The molecule has 10 heteroatoms. The number of benzene rings is 1. The van der Waals surface area contributed by atoms with Crippen molar-refractivity contribution in [2.24, 2.45) is 21.5 Å². The molecular formula is C14H18ClN5O3S. The summed E-state index contributed by atoms with van der Waals surface area (Å²) in [6, 6.07) is 4.19. The van der Waals surface area contributed by atoms with Crippen LogP contribution in [0.2, 0.25) is 5.02 Å². The van der Waals surface area contributed by atoms with Crippen LogP contribution in [-0.4, -0.2) is 30.6 Å². The molecule has 0 radical (unpaired) electrons. The molecule has 0 atom stereocenters. The van der Waals surface area contributed by atoms with E-state index in [1.807, 2.05) is 0 Å². The molecule has 1 spiro atoms. The molecule has 1 aromatic carbocycles. The van der Waals surface area contributed by atoms with Gasteiger partial charge in [0, 0.05) is 5.02 Å². The lowest BCUT2D eigenvalue weighted by Crippen LogP contribution is -2.58. The number of guanidine groups is 2. The predicted octanol–water partition coefficient (Wildman–Crippen LogP) is 1.70. The van der Waals surface area contributed by atoms with Crippen molar-refractivity contribution in [3.63, 3.8) is 0 Å². The van der Waals surface area contributed by atoms with Crippen molar-refractivity contribution >= 4 is 39.3 Å². The van der Waals surface area contributed by atoms with Crippen LogP contribution >= 0.6 is 11.6 Å². The van der Waals surface area contributed by atoms with Crippen LogP contribution in [0.1, 0.15) is 32.1 Å². The number of hydrogen-bond acceptors (Lipinski definition) is 7. The van der Waals surface area contributed by atoms with Gasteiger partial charge in [-0.05, 0) is 43.9 Å². The van der Waals surface area contributed by atoms with Gasteiger partial charge in [-0.15, -0.1) is 0 Å². The number of halogens is 1. The molecule has 0 amide bonds. The first-order chi connectivity index (χ1) is 11.2. The molecule has 1 aromatic rings. The number of anilines is 1. The average molecular weight is 372 g/mol. The highest BCUT2D eigenvalue weighted by Gasteiger charge is 2.44. The molecule has 1 aliphatic carbocycles. The molecule has 0 unspecified atom stereocenters. The topological polar surface area (TPSA) is 134 Å². The Bertz CT molecular complexity index is 831. The Balaban J connectivity index is 2.22. The predicted molar refractivity (Wildman–Crippen MR) is 92.8 cm³/mol. The third-order valence-electron chi connectivity index (χ3n) is 4.29. The van der Waals surface area contributed by atoms with E-state index in [0.29, 0.717) is 12.8 Å². The van der Waals surface area contributed by atoms with Crippen molar-refractivity contribution in [2.75, 3.05) is 4.90 Å². The minimum Gasteiger partial charge on any atom is -0.369 e. The van der Waals surface area contributed by atoms with Gasteiger partial charge in [-0.3, -0.25) is 9.45 Å². The van der Waals surface area contributed by atoms with E-state index in [9.17, 15) is 13.0 Å². The fraction of sp³-hybridized carbons (Fsp3) is 0.429. The van der Waals surface area contributed by atoms with Crippen molar-refractivity contribution in [3.05, 3.63) is 23.2 Å². The fourth-order valence-corrected chi connectivity index (χ4v) is 4.29. The second kappa shape index (κ2) is 5.91.